The first-order valence-corrected chi connectivity index (χ1v) is 14.4. The second kappa shape index (κ2) is 21.1. The van der Waals surface area contributed by atoms with Crippen LogP contribution in [0.25, 0.3) is 0 Å². The van der Waals surface area contributed by atoms with Gasteiger partial charge in [0.05, 0.1) is 13.1 Å². The second-order valence-electron chi connectivity index (χ2n) is 9.86. The van der Waals surface area contributed by atoms with Crippen LogP contribution in [0.4, 0.5) is 0 Å². The molecule has 31 heavy (non-hydrogen) atoms. The number of aromatic nitrogens is 2. The molecule has 0 aromatic carbocycles. The zero-order valence-corrected chi connectivity index (χ0v) is 21.8. The summed E-state index contributed by atoms with van der Waals surface area (Å²) in [5.74, 6) is 1.60. The minimum Gasteiger partial charge on any atom is -0.234 e. The van der Waals surface area contributed by atoms with E-state index in [4.69, 9.17) is 0 Å². The van der Waals surface area contributed by atoms with Gasteiger partial charge in [-0.3, -0.25) is 0 Å². The van der Waals surface area contributed by atoms with Crippen LogP contribution >= 0.6 is 0 Å². The van der Waals surface area contributed by atoms with Crippen molar-refractivity contribution < 1.29 is 4.57 Å². The molecule has 2 heteroatoms. The van der Waals surface area contributed by atoms with E-state index in [1.807, 2.05) is 0 Å². The van der Waals surface area contributed by atoms with E-state index in [-0.39, 0.29) is 0 Å². The summed E-state index contributed by atoms with van der Waals surface area (Å²) in [5.41, 5.74) is 0. The molecule has 0 saturated heterocycles. The Labute approximate surface area is 196 Å². The van der Waals surface area contributed by atoms with E-state index in [1.165, 1.54) is 148 Å². The Morgan fingerprint density at radius 3 is 1.55 bits per heavy atom. The van der Waals surface area contributed by atoms with Gasteiger partial charge in [0.1, 0.15) is 12.4 Å². The summed E-state index contributed by atoms with van der Waals surface area (Å²) in [4.78, 5) is 0. The minimum absolute atomic E-state index is 1.21. The van der Waals surface area contributed by atoms with Crippen molar-refractivity contribution in [2.45, 2.75) is 169 Å². The van der Waals surface area contributed by atoms with Gasteiger partial charge in [0, 0.05) is 6.42 Å². The average molecular weight is 434 g/mol. The van der Waals surface area contributed by atoms with Crippen LogP contribution in [0.15, 0.2) is 12.4 Å². The average Bonchev–Trinajstić information content (AvgIpc) is 3.16. The standard InChI is InChI=1S/C29H57N2/c1-4-7-10-12-13-14-15-16-17-18-19-21-24-29-30(25-22-9-6-3)27-28-31(29)26-23-20-11-8-5-2/h27-28H,4-26H2,1-3H3/q+1. The van der Waals surface area contributed by atoms with Crippen molar-refractivity contribution >= 4 is 0 Å². The normalized spacial score (nSPS) is 11.5. The van der Waals surface area contributed by atoms with Gasteiger partial charge in [0.2, 0.25) is 0 Å². The third-order valence-corrected chi connectivity index (χ3v) is 6.85. The Kier molecular flexibility index (Phi) is 19.2. The fraction of sp³-hybridized carbons (Fsp3) is 0.897. The molecule has 0 bridgehead atoms. The highest BCUT2D eigenvalue weighted by molar-refractivity contribution is 4.84. The maximum atomic E-state index is 2.58. The molecule has 0 amide bonds. The fourth-order valence-corrected chi connectivity index (χ4v) is 4.73. The van der Waals surface area contributed by atoms with Gasteiger partial charge in [-0.25, -0.2) is 9.13 Å². The number of nitrogens with zero attached hydrogens (tertiary/aromatic N) is 2. The molecule has 0 N–H and O–H groups in total. The zero-order valence-electron chi connectivity index (χ0n) is 21.8. The largest absolute Gasteiger partial charge is 0.256 e. The molecule has 1 aromatic heterocycles. The molecular formula is C29H57N2+. The van der Waals surface area contributed by atoms with Crippen molar-refractivity contribution in [2.24, 2.45) is 0 Å². The predicted molar refractivity (Wildman–Crippen MR) is 138 cm³/mol. The first-order valence-electron chi connectivity index (χ1n) is 14.4. The van der Waals surface area contributed by atoms with Gasteiger partial charge >= 0.3 is 0 Å². The van der Waals surface area contributed by atoms with Crippen molar-refractivity contribution in [1.82, 2.24) is 4.57 Å². The highest BCUT2D eigenvalue weighted by Gasteiger charge is 2.16. The molecule has 1 aromatic rings. The number of rotatable bonds is 23. The molecule has 0 atom stereocenters. The summed E-state index contributed by atoms with van der Waals surface area (Å²) >= 11 is 0. The van der Waals surface area contributed by atoms with Crippen LogP contribution in [0.1, 0.15) is 155 Å². The van der Waals surface area contributed by atoms with Crippen molar-refractivity contribution in [3.63, 3.8) is 0 Å². The van der Waals surface area contributed by atoms with E-state index in [9.17, 15) is 0 Å². The summed E-state index contributed by atoms with van der Waals surface area (Å²) < 4.78 is 5.15. The monoisotopic (exact) mass is 433 g/mol. The van der Waals surface area contributed by atoms with Crippen LogP contribution in [-0.2, 0) is 19.5 Å². The van der Waals surface area contributed by atoms with Crippen LogP contribution in [0, 0.1) is 0 Å². The van der Waals surface area contributed by atoms with Gasteiger partial charge in [0.15, 0.2) is 0 Å². The molecular weight excluding hydrogens is 376 g/mol. The Hall–Kier alpha value is -0.790. The van der Waals surface area contributed by atoms with E-state index in [2.05, 4.69) is 42.3 Å². The van der Waals surface area contributed by atoms with Gasteiger partial charge in [0.25, 0.3) is 5.82 Å². The lowest BCUT2D eigenvalue weighted by atomic mass is 10.0. The molecule has 182 valence electrons. The maximum absolute atomic E-state index is 2.58. The second-order valence-corrected chi connectivity index (χ2v) is 9.86. The number of hydrogen-bond acceptors (Lipinski definition) is 0. The van der Waals surface area contributed by atoms with Gasteiger partial charge in [-0.2, -0.15) is 0 Å². The van der Waals surface area contributed by atoms with Crippen LogP contribution in [0.5, 0.6) is 0 Å². The lowest BCUT2D eigenvalue weighted by Gasteiger charge is -2.06. The Morgan fingerprint density at radius 2 is 1.00 bits per heavy atom. The quantitative estimate of drug-likeness (QED) is 0.120. The molecule has 1 heterocycles. The van der Waals surface area contributed by atoms with Crippen molar-refractivity contribution in [3.8, 4) is 0 Å². The lowest BCUT2D eigenvalue weighted by molar-refractivity contribution is -0.704. The number of aryl methyl sites for hydroxylation is 2. The summed E-state index contributed by atoms with van der Waals surface area (Å²) in [6.45, 7) is 9.34. The van der Waals surface area contributed by atoms with Crippen molar-refractivity contribution in [2.75, 3.05) is 0 Å². The molecule has 0 aliphatic carbocycles. The molecule has 0 aliphatic heterocycles. The highest BCUT2D eigenvalue weighted by Crippen LogP contribution is 2.13. The van der Waals surface area contributed by atoms with E-state index < -0.39 is 0 Å². The van der Waals surface area contributed by atoms with E-state index in [0.29, 0.717) is 0 Å². The highest BCUT2D eigenvalue weighted by atomic mass is 15.1. The van der Waals surface area contributed by atoms with E-state index in [1.54, 1.807) is 5.82 Å². The minimum atomic E-state index is 1.21. The smallest absolute Gasteiger partial charge is 0.234 e. The number of hydrogen-bond donors (Lipinski definition) is 0. The zero-order chi connectivity index (χ0) is 22.4. The summed E-state index contributed by atoms with van der Waals surface area (Å²) in [5, 5.41) is 0. The number of imidazole rings is 1. The Balaban J connectivity index is 2.24. The maximum Gasteiger partial charge on any atom is 0.256 e. The molecule has 1 rings (SSSR count). The van der Waals surface area contributed by atoms with Crippen LogP contribution in [-0.4, -0.2) is 4.57 Å². The Bertz CT molecular complexity index is 491. The van der Waals surface area contributed by atoms with E-state index >= 15 is 0 Å². The third kappa shape index (κ3) is 14.8. The molecule has 0 saturated carbocycles. The van der Waals surface area contributed by atoms with Crippen LogP contribution < -0.4 is 4.57 Å². The summed E-state index contributed by atoms with van der Waals surface area (Å²) in [6, 6.07) is 0. The van der Waals surface area contributed by atoms with Crippen molar-refractivity contribution in [1.29, 1.82) is 0 Å². The summed E-state index contributed by atoms with van der Waals surface area (Å²) in [6.07, 6.45) is 34.1. The van der Waals surface area contributed by atoms with Crippen molar-refractivity contribution in [3.05, 3.63) is 18.2 Å². The molecule has 0 fully saturated rings. The first-order chi connectivity index (χ1) is 15.3. The third-order valence-electron chi connectivity index (χ3n) is 6.85. The van der Waals surface area contributed by atoms with E-state index in [0.717, 1.165) is 0 Å². The van der Waals surface area contributed by atoms with Gasteiger partial charge in [-0.05, 0) is 32.1 Å². The first kappa shape index (κ1) is 28.2. The predicted octanol–water partition coefficient (Wildman–Crippen LogP) is 9.18. The molecule has 2 nitrogen and oxygen atoms in total. The SMILES string of the molecule is CCCCCCCCCCCCCCc1n(CCCCCCC)cc[n+]1CCCCC. The summed E-state index contributed by atoms with van der Waals surface area (Å²) in [7, 11) is 0. The van der Waals surface area contributed by atoms with Gasteiger partial charge < -0.3 is 0 Å². The van der Waals surface area contributed by atoms with Gasteiger partial charge in [-0.1, -0.05) is 117 Å². The van der Waals surface area contributed by atoms with Crippen LogP contribution in [0.2, 0.25) is 0 Å². The molecule has 0 radical (unpaired) electrons. The van der Waals surface area contributed by atoms with Gasteiger partial charge in [-0.15, -0.1) is 0 Å². The number of unbranched alkanes of at least 4 members (excludes halogenated alkanes) is 17. The molecule has 0 aliphatic rings. The molecule has 0 unspecified atom stereocenters. The topological polar surface area (TPSA) is 8.81 Å². The molecule has 0 spiro atoms. The van der Waals surface area contributed by atoms with Crippen LogP contribution in [0.3, 0.4) is 0 Å². The lowest BCUT2D eigenvalue weighted by Crippen LogP contribution is -2.37. The Morgan fingerprint density at radius 1 is 0.548 bits per heavy atom. The fourth-order valence-electron chi connectivity index (χ4n) is 4.73.